The Balaban J connectivity index is 2.14. The quantitative estimate of drug-likeness (QED) is 0.664. The van der Waals surface area contributed by atoms with E-state index in [1.54, 1.807) is 24.3 Å². The van der Waals surface area contributed by atoms with E-state index in [2.05, 4.69) is 5.32 Å². The van der Waals surface area contributed by atoms with Crippen LogP contribution in [0.25, 0.3) is 0 Å². The zero-order valence-corrected chi connectivity index (χ0v) is 11.9. The second-order valence-corrected chi connectivity index (χ2v) is 4.98. The van der Waals surface area contributed by atoms with E-state index >= 15 is 0 Å². The van der Waals surface area contributed by atoms with Crippen LogP contribution in [0.1, 0.15) is 37.1 Å². The summed E-state index contributed by atoms with van der Waals surface area (Å²) in [5.74, 6) is -0.260. The fraction of sp³-hybridized carbons (Fsp3) is 0.250. The van der Waals surface area contributed by atoms with E-state index in [1.165, 1.54) is 18.2 Å². The summed E-state index contributed by atoms with van der Waals surface area (Å²) in [6, 6.07) is 12.7. The summed E-state index contributed by atoms with van der Waals surface area (Å²) in [5.41, 5.74) is 1.43. The summed E-state index contributed by atoms with van der Waals surface area (Å²) in [7, 11) is 0. The van der Waals surface area contributed by atoms with Crippen molar-refractivity contribution in [2.24, 2.45) is 0 Å². The van der Waals surface area contributed by atoms with Gasteiger partial charge in [-0.15, -0.1) is 0 Å². The molecule has 0 saturated carbocycles. The van der Waals surface area contributed by atoms with Gasteiger partial charge in [-0.3, -0.25) is 10.1 Å². The number of nitrogens with zero attached hydrogens (tertiary/aromatic N) is 1. The highest BCUT2D eigenvalue weighted by Crippen LogP contribution is 2.23. The third-order valence-electron chi connectivity index (χ3n) is 3.45. The first-order valence-electron chi connectivity index (χ1n) is 6.74. The predicted octanol–water partition coefficient (Wildman–Crippen LogP) is 4.15. The maximum Gasteiger partial charge on any atom is 0.269 e. The molecular formula is C16H17FN2O2. The third kappa shape index (κ3) is 3.64. The van der Waals surface area contributed by atoms with Crippen LogP contribution in [0.3, 0.4) is 0 Å². The molecule has 4 nitrogen and oxygen atoms in total. The minimum Gasteiger partial charge on any atom is -0.304 e. The van der Waals surface area contributed by atoms with Crippen LogP contribution in [0, 0.1) is 15.9 Å². The Bertz CT molecular complexity index is 646. The number of rotatable bonds is 5. The molecule has 1 unspecified atom stereocenters. The summed E-state index contributed by atoms with van der Waals surface area (Å²) >= 11 is 0. The van der Waals surface area contributed by atoms with Crippen LogP contribution in [0.15, 0.2) is 48.5 Å². The molecule has 0 aromatic heterocycles. The van der Waals surface area contributed by atoms with E-state index in [0.29, 0.717) is 5.56 Å². The zero-order valence-electron chi connectivity index (χ0n) is 11.9. The molecular weight excluding hydrogens is 271 g/mol. The van der Waals surface area contributed by atoms with Gasteiger partial charge < -0.3 is 5.32 Å². The lowest BCUT2D eigenvalue weighted by atomic mass is 10.0. The number of nitro benzene ring substituents is 1. The standard InChI is InChI=1S/C16H17FN2O2/c1-11(13-6-5-7-14(10-13)19(20)21)18-12(2)15-8-3-4-9-16(15)17/h3-12,18H,1-2H3/t11?,12-/m1/s1. The lowest BCUT2D eigenvalue weighted by molar-refractivity contribution is -0.384. The maximum atomic E-state index is 13.7. The van der Waals surface area contributed by atoms with Gasteiger partial charge in [-0.2, -0.15) is 0 Å². The molecule has 0 aliphatic rings. The lowest BCUT2D eigenvalue weighted by Gasteiger charge is -2.21. The third-order valence-corrected chi connectivity index (χ3v) is 3.45. The van der Waals surface area contributed by atoms with E-state index < -0.39 is 4.92 Å². The summed E-state index contributed by atoms with van der Waals surface area (Å²) < 4.78 is 13.7. The average Bonchev–Trinajstić information content (AvgIpc) is 2.47. The Morgan fingerprint density at radius 1 is 1.10 bits per heavy atom. The van der Waals surface area contributed by atoms with Crippen LogP contribution in [0.4, 0.5) is 10.1 Å². The minimum atomic E-state index is -0.420. The van der Waals surface area contributed by atoms with Crippen LogP contribution < -0.4 is 5.32 Å². The van der Waals surface area contributed by atoms with E-state index in [1.807, 2.05) is 19.9 Å². The SMILES string of the molecule is CC(N[C@H](C)c1ccccc1F)c1cccc([N+](=O)[O-])c1. The molecule has 2 rings (SSSR count). The molecule has 0 bridgehead atoms. The highest BCUT2D eigenvalue weighted by Gasteiger charge is 2.15. The predicted molar refractivity (Wildman–Crippen MR) is 79.5 cm³/mol. The van der Waals surface area contributed by atoms with Gasteiger partial charge in [0.1, 0.15) is 5.82 Å². The molecule has 0 spiro atoms. The van der Waals surface area contributed by atoms with Gasteiger partial charge >= 0.3 is 0 Å². The van der Waals surface area contributed by atoms with Crippen LogP contribution in [-0.2, 0) is 0 Å². The van der Waals surface area contributed by atoms with Gasteiger partial charge in [0.05, 0.1) is 4.92 Å². The summed E-state index contributed by atoms with van der Waals surface area (Å²) in [5, 5.41) is 14.1. The van der Waals surface area contributed by atoms with Gasteiger partial charge in [-0.1, -0.05) is 30.3 Å². The number of halogens is 1. The Morgan fingerprint density at radius 2 is 1.81 bits per heavy atom. The molecule has 0 aliphatic carbocycles. The van der Waals surface area contributed by atoms with Crippen molar-refractivity contribution < 1.29 is 9.31 Å². The van der Waals surface area contributed by atoms with E-state index in [9.17, 15) is 14.5 Å². The average molecular weight is 288 g/mol. The van der Waals surface area contributed by atoms with Crippen molar-refractivity contribution in [2.45, 2.75) is 25.9 Å². The van der Waals surface area contributed by atoms with Crippen molar-refractivity contribution in [2.75, 3.05) is 0 Å². The van der Waals surface area contributed by atoms with Crippen molar-refractivity contribution >= 4 is 5.69 Å². The van der Waals surface area contributed by atoms with Crippen molar-refractivity contribution in [3.05, 3.63) is 75.6 Å². The van der Waals surface area contributed by atoms with Gasteiger partial charge in [0.25, 0.3) is 5.69 Å². The molecule has 0 saturated heterocycles. The first kappa shape index (κ1) is 15.1. The largest absolute Gasteiger partial charge is 0.304 e. The van der Waals surface area contributed by atoms with Crippen LogP contribution in [-0.4, -0.2) is 4.92 Å². The van der Waals surface area contributed by atoms with Crippen LogP contribution in [0.2, 0.25) is 0 Å². The van der Waals surface area contributed by atoms with Crippen molar-refractivity contribution in [3.8, 4) is 0 Å². The Morgan fingerprint density at radius 3 is 2.48 bits per heavy atom. The van der Waals surface area contributed by atoms with Gasteiger partial charge in [-0.25, -0.2) is 4.39 Å². The minimum absolute atomic E-state index is 0.0553. The molecule has 0 amide bonds. The first-order chi connectivity index (χ1) is 9.99. The smallest absolute Gasteiger partial charge is 0.269 e. The number of hydrogen-bond acceptors (Lipinski definition) is 3. The van der Waals surface area contributed by atoms with Gasteiger partial charge in [0.2, 0.25) is 0 Å². The zero-order chi connectivity index (χ0) is 15.4. The number of benzene rings is 2. The van der Waals surface area contributed by atoms with Gasteiger partial charge in [0.15, 0.2) is 0 Å². The fourth-order valence-electron chi connectivity index (χ4n) is 2.29. The Labute approximate surface area is 122 Å². The summed E-state index contributed by atoms with van der Waals surface area (Å²) in [6.45, 7) is 3.77. The molecule has 110 valence electrons. The topological polar surface area (TPSA) is 55.2 Å². The van der Waals surface area contributed by atoms with Crippen molar-refractivity contribution in [1.29, 1.82) is 0 Å². The number of non-ortho nitro benzene ring substituents is 1. The summed E-state index contributed by atoms with van der Waals surface area (Å²) in [4.78, 5) is 10.4. The molecule has 2 atom stereocenters. The normalized spacial score (nSPS) is 13.7. The van der Waals surface area contributed by atoms with E-state index in [4.69, 9.17) is 0 Å². The second-order valence-electron chi connectivity index (χ2n) is 4.98. The van der Waals surface area contributed by atoms with E-state index in [-0.39, 0.29) is 23.6 Å². The highest BCUT2D eigenvalue weighted by molar-refractivity contribution is 5.35. The molecule has 0 fully saturated rings. The second kappa shape index (κ2) is 6.45. The monoisotopic (exact) mass is 288 g/mol. The van der Waals surface area contributed by atoms with Crippen LogP contribution >= 0.6 is 0 Å². The molecule has 21 heavy (non-hydrogen) atoms. The fourth-order valence-corrected chi connectivity index (χ4v) is 2.29. The van der Waals surface area contributed by atoms with Crippen molar-refractivity contribution in [3.63, 3.8) is 0 Å². The molecule has 5 heteroatoms. The number of nitro groups is 1. The molecule has 2 aromatic carbocycles. The summed E-state index contributed by atoms with van der Waals surface area (Å²) in [6.07, 6.45) is 0. The highest BCUT2D eigenvalue weighted by atomic mass is 19.1. The molecule has 1 N–H and O–H groups in total. The molecule has 0 heterocycles. The first-order valence-corrected chi connectivity index (χ1v) is 6.74. The molecule has 0 aliphatic heterocycles. The van der Waals surface area contributed by atoms with Crippen molar-refractivity contribution in [1.82, 2.24) is 5.32 Å². The number of hydrogen-bond donors (Lipinski definition) is 1. The van der Waals surface area contributed by atoms with Gasteiger partial charge in [0, 0.05) is 29.8 Å². The molecule has 0 radical (unpaired) electrons. The van der Waals surface area contributed by atoms with Gasteiger partial charge in [-0.05, 0) is 25.5 Å². The Hall–Kier alpha value is -2.27. The molecule has 2 aromatic rings. The number of nitrogens with one attached hydrogen (secondary N) is 1. The maximum absolute atomic E-state index is 13.7. The van der Waals surface area contributed by atoms with E-state index in [0.717, 1.165) is 5.56 Å². The Kier molecular flexibility index (Phi) is 4.65. The van der Waals surface area contributed by atoms with Crippen LogP contribution in [0.5, 0.6) is 0 Å². The lowest BCUT2D eigenvalue weighted by Crippen LogP contribution is -2.23.